The number of nitrogens with one attached hydrogen (secondary N) is 1. The molecule has 1 aromatic heterocycles. The van der Waals surface area contributed by atoms with Gasteiger partial charge >= 0.3 is 5.97 Å². The first-order valence-corrected chi connectivity index (χ1v) is 7.61. The third-order valence-electron chi connectivity index (χ3n) is 3.56. The van der Waals surface area contributed by atoms with Crippen LogP contribution in [-0.2, 0) is 11.2 Å². The number of halogens is 3. The lowest BCUT2D eigenvalue weighted by molar-refractivity contribution is -0.136. The molecule has 6 nitrogen and oxygen atoms in total. The first-order chi connectivity index (χ1) is 12.0. The predicted octanol–water partition coefficient (Wildman–Crippen LogP) is 4.22. The van der Waals surface area contributed by atoms with Crippen molar-refractivity contribution in [2.45, 2.75) is 6.42 Å². The molecule has 0 fully saturated rings. The van der Waals surface area contributed by atoms with Gasteiger partial charge in [0.05, 0.1) is 24.1 Å². The van der Waals surface area contributed by atoms with E-state index in [0.29, 0.717) is 33.7 Å². The molecule has 3 aromatic rings. The summed E-state index contributed by atoms with van der Waals surface area (Å²) in [7, 11) is 1.47. The molecule has 0 aliphatic carbocycles. The summed E-state index contributed by atoms with van der Waals surface area (Å²) in [5.74, 6) is -0.617. The first kappa shape index (κ1) is 19.7. The Kier molecular flexibility index (Phi) is 6.18. The fraction of sp³-hybridized carbons (Fsp3) is 0.118. The maximum absolute atomic E-state index is 13.3. The number of hydrogen-bond donors (Lipinski definition) is 2. The Balaban J connectivity index is 0.00000243. The van der Waals surface area contributed by atoms with E-state index >= 15 is 0 Å². The number of benzene rings is 2. The molecule has 0 amide bonds. The van der Waals surface area contributed by atoms with Gasteiger partial charge in [0.25, 0.3) is 0 Å². The number of carboxylic acid groups (broad SMARTS) is 1. The summed E-state index contributed by atoms with van der Waals surface area (Å²) >= 11 is 5.79. The number of carboxylic acids is 1. The van der Waals surface area contributed by atoms with Crippen molar-refractivity contribution in [3.05, 3.63) is 53.1 Å². The van der Waals surface area contributed by atoms with Crippen molar-refractivity contribution >= 4 is 52.4 Å². The molecule has 9 heteroatoms. The molecule has 0 unspecified atom stereocenters. The van der Waals surface area contributed by atoms with E-state index in [4.69, 9.17) is 21.4 Å². The standard InChI is InChI=1S/C17H13ClFN3O3.ClH/c1-25-15-7-14-11(4-9(15)5-16(23)24)17(21-8-20-14)22-10-2-3-13(19)12(18)6-10;/h2-4,6-8H,5H2,1H3,(H,23,24)(H,20,21,22);1H. The van der Waals surface area contributed by atoms with Crippen molar-refractivity contribution in [3.63, 3.8) is 0 Å². The van der Waals surface area contributed by atoms with Crippen molar-refractivity contribution in [1.82, 2.24) is 9.97 Å². The minimum Gasteiger partial charge on any atom is -0.496 e. The van der Waals surface area contributed by atoms with Gasteiger partial charge < -0.3 is 15.2 Å². The molecule has 0 aliphatic heterocycles. The summed E-state index contributed by atoms with van der Waals surface area (Å²) in [4.78, 5) is 19.4. The fourth-order valence-electron chi connectivity index (χ4n) is 2.43. The molecule has 0 atom stereocenters. The number of hydrogen-bond acceptors (Lipinski definition) is 5. The van der Waals surface area contributed by atoms with Gasteiger partial charge in [0.2, 0.25) is 0 Å². The van der Waals surface area contributed by atoms with E-state index in [9.17, 15) is 9.18 Å². The zero-order valence-electron chi connectivity index (χ0n) is 13.5. The number of ether oxygens (including phenoxy) is 1. The lowest BCUT2D eigenvalue weighted by Crippen LogP contribution is -2.04. The summed E-state index contributed by atoms with van der Waals surface area (Å²) in [6.07, 6.45) is 1.17. The van der Waals surface area contributed by atoms with Gasteiger partial charge in [-0.25, -0.2) is 14.4 Å². The average Bonchev–Trinajstić information content (AvgIpc) is 2.57. The van der Waals surface area contributed by atoms with Crippen molar-refractivity contribution in [1.29, 1.82) is 0 Å². The van der Waals surface area contributed by atoms with Crippen LogP contribution in [0.25, 0.3) is 10.9 Å². The Morgan fingerprint density at radius 3 is 2.73 bits per heavy atom. The number of aromatic nitrogens is 2. The molecular formula is C17H14Cl2FN3O3. The first-order valence-electron chi connectivity index (χ1n) is 7.23. The number of nitrogens with zero attached hydrogens (tertiary/aromatic N) is 2. The Morgan fingerprint density at radius 2 is 2.08 bits per heavy atom. The van der Waals surface area contributed by atoms with Gasteiger partial charge in [-0.3, -0.25) is 4.79 Å². The Hall–Kier alpha value is -2.64. The highest BCUT2D eigenvalue weighted by molar-refractivity contribution is 6.31. The molecular weight excluding hydrogens is 384 g/mol. The van der Waals surface area contributed by atoms with E-state index in [2.05, 4.69) is 15.3 Å². The maximum Gasteiger partial charge on any atom is 0.307 e. The Bertz CT molecular complexity index is 969. The molecule has 2 N–H and O–H groups in total. The van der Waals surface area contributed by atoms with Crippen molar-refractivity contribution in [2.24, 2.45) is 0 Å². The largest absolute Gasteiger partial charge is 0.496 e. The van der Waals surface area contributed by atoms with Crippen LogP contribution in [-0.4, -0.2) is 28.2 Å². The smallest absolute Gasteiger partial charge is 0.307 e. The van der Waals surface area contributed by atoms with Gasteiger partial charge in [0, 0.05) is 22.7 Å². The van der Waals surface area contributed by atoms with Gasteiger partial charge in [-0.05, 0) is 24.3 Å². The van der Waals surface area contributed by atoms with E-state index in [1.807, 2.05) is 0 Å². The zero-order valence-corrected chi connectivity index (χ0v) is 15.1. The lowest BCUT2D eigenvalue weighted by Gasteiger charge is -2.12. The summed E-state index contributed by atoms with van der Waals surface area (Å²) < 4.78 is 18.5. The molecule has 0 spiro atoms. The van der Waals surface area contributed by atoms with Gasteiger partial charge in [-0.1, -0.05) is 11.6 Å². The zero-order chi connectivity index (χ0) is 18.0. The van der Waals surface area contributed by atoms with Gasteiger partial charge in [0.1, 0.15) is 23.7 Å². The number of anilines is 2. The highest BCUT2D eigenvalue weighted by Crippen LogP contribution is 2.30. The highest BCUT2D eigenvalue weighted by atomic mass is 35.5. The number of methoxy groups -OCH3 is 1. The molecule has 2 aromatic carbocycles. The number of carbonyl (C=O) groups is 1. The number of rotatable bonds is 5. The Labute approximate surface area is 159 Å². The second kappa shape index (κ2) is 8.16. The molecule has 0 bridgehead atoms. The van der Waals surface area contributed by atoms with Crippen molar-refractivity contribution in [3.8, 4) is 5.75 Å². The SMILES string of the molecule is COc1cc2ncnc(Nc3ccc(F)c(Cl)c3)c2cc1CC(=O)O.Cl. The molecule has 1 heterocycles. The molecule has 26 heavy (non-hydrogen) atoms. The second-order valence-corrected chi connectivity index (χ2v) is 5.64. The summed E-state index contributed by atoms with van der Waals surface area (Å²) in [6, 6.07) is 7.52. The van der Waals surface area contributed by atoms with Crippen LogP contribution < -0.4 is 10.1 Å². The second-order valence-electron chi connectivity index (χ2n) is 5.23. The van der Waals surface area contributed by atoms with Crippen LogP contribution in [0.2, 0.25) is 5.02 Å². The molecule has 0 saturated carbocycles. The fourth-order valence-corrected chi connectivity index (χ4v) is 2.61. The lowest BCUT2D eigenvalue weighted by atomic mass is 10.1. The third-order valence-corrected chi connectivity index (χ3v) is 3.85. The number of fused-ring (bicyclic) bond motifs is 1. The van der Waals surface area contributed by atoms with Crippen LogP contribution in [0.1, 0.15) is 5.56 Å². The molecule has 0 saturated heterocycles. The average molecular weight is 398 g/mol. The van der Waals surface area contributed by atoms with Crippen molar-refractivity contribution < 1.29 is 19.0 Å². The van der Waals surface area contributed by atoms with Gasteiger partial charge in [-0.2, -0.15) is 0 Å². The topological polar surface area (TPSA) is 84.3 Å². The van der Waals surface area contributed by atoms with Crippen LogP contribution in [0.15, 0.2) is 36.7 Å². The third kappa shape index (κ3) is 4.12. The highest BCUT2D eigenvalue weighted by Gasteiger charge is 2.13. The molecule has 3 rings (SSSR count). The predicted molar refractivity (Wildman–Crippen MR) is 99.4 cm³/mol. The normalized spacial score (nSPS) is 10.3. The number of aliphatic carboxylic acids is 1. The van der Waals surface area contributed by atoms with Crippen LogP contribution in [0.4, 0.5) is 15.9 Å². The molecule has 136 valence electrons. The van der Waals surface area contributed by atoms with E-state index in [0.717, 1.165) is 0 Å². The van der Waals surface area contributed by atoms with E-state index in [-0.39, 0.29) is 23.9 Å². The summed E-state index contributed by atoms with van der Waals surface area (Å²) in [6.45, 7) is 0. The van der Waals surface area contributed by atoms with Crippen LogP contribution >= 0.6 is 24.0 Å². The van der Waals surface area contributed by atoms with Crippen LogP contribution in [0.5, 0.6) is 5.75 Å². The monoisotopic (exact) mass is 397 g/mol. The summed E-state index contributed by atoms with van der Waals surface area (Å²) in [5.41, 5.74) is 1.62. The molecule has 0 aliphatic rings. The van der Waals surface area contributed by atoms with Crippen LogP contribution in [0, 0.1) is 5.82 Å². The minimum absolute atomic E-state index is 0. The quantitative estimate of drug-likeness (QED) is 0.670. The Morgan fingerprint density at radius 1 is 1.31 bits per heavy atom. The maximum atomic E-state index is 13.3. The van der Waals surface area contributed by atoms with E-state index in [1.54, 1.807) is 12.1 Å². The van der Waals surface area contributed by atoms with Gasteiger partial charge in [0.15, 0.2) is 0 Å². The van der Waals surface area contributed by atoms with Gasteiger partial charge in [-0.15, -0.1) is 12.4 Å². The molecule has 0 radical (unpaired) electrons. The van der Waals surface area contributed by atoms with E-state index in [1.165, 1.54) is 31.6 Å². The van der Waals surface area contributed by atoms with Crippen molar-refractivity contribution in [2.75, 3.05) is 12.4 Å². The van der Waals surface area contributed by atoms with E-state index < -0.39 is 11.8 Å². The minimum atomic E-state index is -0.977. The van der Waals surface area contributed by atoms with Crippen LogP contribution in [0.3, 0.4) is 0 Å². The summed E-state index contributed by atoms with van der Waals surface area (Å²) in [5, 5.41) is 12.7.